The van der Waals surface area contributed by atoms with Gasteiger partial charge >= 0.3 is 39.5 Å². The maximum Gasteiger partial charge on any atom is 0.472 e. The molecule has 0 amide bonds. The smallest absolute Gasteiger partial charge is 0.462 e. The Morgan fingerprint density at radius 2 is 0.565 bits per heavy atom. The van der Waals surface area contributed by atoms with Gasteiger partial charge in [-0.2, -0.15) is 0 Å². The maximum absolute atomic E-state index is 13.0. The molecule has 0 aliphatic rings. The van der Waals surface area contributed by atoms with Gasteiger partial charge in [0.25, 0.3) is 0 Å². The molecule has 0 aromatic carbocycles. The first kappa shape index (κ1) is 83.1. The van der Waals surface area contributed by atoms with Crippen LogP contribution in [0.2, 0.25) is 0 Å². The number of carbonyl (C=O) groups excluding carboxylic acids is 4. The van der Waals surface area contributed by atoms with E-state index in [1.165, 1.54) is 116 Å². The fourth-order valence-electron chi connectivity index (χ4n) is 9.75. The van der Waals surface area contributed by atoms with E-state index < -0.39 is 97.5 Å². The molecule has 17 nitrogen and oxygen atoms in total. The zero-order chi connectivity index (χ0) is 63.2. The predicted molar refractivity (Wildman–Crippen MR) is 340 cm³/mol. The molecule has 0 aliphatic heterocycles. The minimum absolute atomic E-state index is 0.101. The third-order valence-corrected chi connectivity index (χ3v) is 17.3. The van der Waals surface area contributed by atoms with Crippen LogP contribution in [0.1, 0.15) is 319 Å². The second-order valence-electron chi connectivity index (χ2n) is 25.5. The lowest BCUT2D eigenvalue weighted by atomic mass is 10.00. The Hall–Kier alpha value is -1.94. The second kappa shape index (κ2) is 56.1. The van der Waals surface area contributed by atoms with Gasteiger partial charge in [-0.15, -0.1) is 0 Å². The number of esters is 4. The van der Waals surface area contributed by atoms with Crippen molar-refractivity contribution < 1.29 is 80.2 Å². The van der Waals surface area contributed by atoms with E-state index in [1.807, 2.05) is 0 Å². The number of phosphoric acid groups is 2. The van der Waals surface area contributed by atoms with Crippen molar-refractivity contribution in [3.63, 3.8) is 0 Å². The molecule has 19 heteroatoms. The molecule has 6 atom stereocenters. The monoisotopic (exact) mass is 1250 g/mol. The predicted octanol–water partition coefficient (Wildman–Crippen LogP) is 18.1. The van der Waals surface area contributed by atoms with E-state index in [-0.39, 0.29) is 25.7 Å². The van der Waals surface area contributed by atoms with Crippen LogP contribution in [0.4, 0.5) is 0 Å². The molecule has 0 radical (unpaired) electrons. The first-order valence-electron chi connectivity index (χ1n) is 34.2. The van der Waals surface area contributed by atoms with Crippen molar-refractivity contribution in [2.24, 2.45) is 23.7 Å². The number of aliphatic hydroxyl groups is 1. The van der Waals surface area contributed by atoms with E-state index in [4.69, 9.17) is 37.0 Å². The fraction of sp³-hybridized carbons (Fsp3) is 0.939. The summed E-state index contributed by atoms with van der Waals surface area (Å²) in [7, 11) is -9.89. The van der Waals surface area contributed by atoms with Crippen molar-refractivity contribution in [3.8, 4) is 0 Å². The molecule has 0 saturated carbocycles. The number of hydrogen-bond donors (Lipinski definition) is 3. The van der Waals surface area contributed by atoms with Crippen LogP contribution in [0.3, 0.4) is 0 Å². The quantitative estimate of drug-likeness (QED) is 0.0222. The Balaban J connectivity index is 5.25. The third-order valence-electron chi connectivity index (χ3n) is 15.4. The number of aliphatic hydroxyl groups excluding tert-OH is 1. The molecule has 3 unspecified atom stereocenters. The van der Waals surface area contributed by atoms with Gasteiger partial charge in [-0.25, -0.2) is 9.13 Å². The van der Waals surface area contributed by atoms with E-state index in [0.717, 1.165) is 114 Å². The first-order valence-corrected chi connectivity index (χ1v) is 37.2. The fourth-order valence-corrected chi connectivity index (χ4v) is 11.3. The zero-order valence-electron chi connectivity index (χ0n) is 55.2. The number of unbranched alkanes of at least 4 members (excludes halogenated alkanes) is 28. The summed E-state index contributed by atoms with van der Waals surface area (Å²) >= 11 is 0. The minimum Gasteiger partial charge on any atom is -0.462 e. The van der Waals surface area contributed by atoms with E-state index >= 15 is 0 Å². The Morgan fingerprint density at radius 1 is 0.329 bits per heavy atom. The van der Waals surface area contributed by atoms with Crippen molar-refractivity contribution in [2.75, 3.05) is 39.6 Å². The minimum atomic E-state index is -4.95. The average molecular weight is 1260 g/mol. The summed E-state index contributed by atoms with van der Waals surface area (Å²) in [6, 6.07) is 0. The van der Waals surface area contributed by atoms with Gasteiger partial charge in [0.2, 0.25) is 0 Å². The zero-order valence-corrected chi connectivity index (χ0v) is 57.0. The van der Waals surface area contributed by atoms with E-state index in [0.29, 0.717) is 31.6 Å². The van der Waals surface area contributed by atoms with Crippen LogP contribution in [0.15, 0.2) is 0 Å². The molecule has 0 aromatic rings. The topological polar surface area (TPSA) is 237 Å². The van der Waals surface area contributed by atoms with Gasteiger partial charge in [-0.3, -0.25) is 37.3 Å². The molecule has 0 aliphatic carbocycles. The Labute approximate surface area is 517 Å². The van der Waals surface area contributed by atoms with Gasteiger partial charge in [0.15, 0.2) is 12.2 Å². The molecule has 0 aromatic heterocycles. The van der Waals surface area contributed by atoms with Crippen molar-refractivity contribution in [2.45, 2.75) is 337 Å². The second-order valence-corrected chi connectivity index (χ2v) is 28.4. The summed E-state index contributed by atoms with van der Waals surface area (Å²) in [5.41, 5.74) is 0. The van der Waals surface area contributed by atoms with Crippen LogP contribution >= 0.6 is 15.6 Å². The van der Waals surface area contributed by atoms with E-state index in [9.17, 15) is 43.2 Å². The number of hydrogen-bond acceptors (Lipinski definition) is 15. The Bertz CT molecular complexity index is 1700. The highest BCUT2D eigenvalue weighted by atomic mass is 31.2. The summed E-state index contributed by atoms with van der Waals surface area (Å²) in [4.78, 5) is 72.3. The highest BCUT2D eigenvalue weighted by molar-refractivity contribution is 7.47. The van der Waals surface area contributed by atoms with Gasteiger partial charge in [-0.1, -0.05) is 267 Å². The lowest BCUT2D eigenvalue weighted by molar-refractivity contribution is -0.161. The van der Waals surface area contributed by atoms with Gasteiger partial charge < -0.3 is 33.8 Å². The standard InChI is InChI=1S/C66H128O17P2/c1-9-59(8)45-37-29-23-25-31-39-47-64(69)77-53-62(83-66(71)49-41-33-24-22-28-36-44-58(6)7)55-81-85(74,75)79-51-60(67)50-78-84(72,73)80-54-61(52-76-63(68)46-38-30-20-17-13-15-19-27-35-43-57(4)5)82-65(70)48-40-32-21-16-12-10-11-14-18-26-34-42-56(2)3/h56-62,67H,9-55H2,1-8H3,(H,72,73)(H,74,75)/t59?,60-,61-,62-/m1/s1. The lowest BCUT2D eigenvalue weighted by Crippen LogP contribution is -2.30. The summed E-state index contributed by atoms with van der Waals surface area (Å²) < 4.78 is 68.1. The highest BCUT2D eigenvalue weighted by Crippen LogP contribution is 2.45. The van der Waals surface area contributed by atoms with Crippen LogP contribution in [0, 0.1) is 23.7 Å². The molecule has 0 fully saturated rings. The molecule has 0 heterocycles. The van der Waals surface area contributed by atoms with Gasteiger partial charge in [0, 0.05) is 25.7 Å². The molecule has 0 rings (SSSR count). The summed E-state index contributed by atoms with van der Waals surface area (Å²) in [5.74, 6) is 0.769. The molecule has 0 spiro atoms. The van der Waals surface area contributed by atoms with Gasteiger partial charge in [0.1, 0.15) is 19.3 Å². The van der Waals surface area contributed by atoms with Crippen LogP contribution in [0.25, 0.3) is 0 Å². The number of carbonyl (C=O) groups is 4. The van der Waals surface area contributed by atoms with Crippen molar-refractivity contribution in [3.05, 3.63) is 0 Å². The van der Waals surface area contributed by atoms with Crippen LogP contribution < -0.4 is 0 Å². The largest absolute Gasteiger partial charge is 0.472 e. The van der Waals surface area contributed by atoms with Gasteiger partial charge in [-0.05, 0) is 49.4 Å². The molecule has 85 heavy (non-hydrogen) atoms. The first-order chi connectivity index (χ1) is 40.6. The summed E-state index contributed by atoms with van der Waals surface area (Å²) in [5, 5.41) is 10.5. The third kappa shape index (κ3) is 59.5. The normalized spacial score (nSPS) is 14.7. The lowest BCUT2D eigenvalue weighted by Gasteiger charge is -2.21. The van der Waals surface area contributed by atoms with Crippen LogP contribution in [-0.2, 0) is 65.4 Å². The summed E-state index contributed by atoms with van der Waals surface area (Å²) in [6.45, 7) is 14.0. The number of rotatable bonds is 63. The number of phosphoric ester groups is 2. The Morgan fingerprint density at radius 3 is 0.835 bits per heavy atom. The van der Waals surface area contributed by atoms with Crippen LogP contribution in [-0.4, -0.2) is 96.7 Å². The van der Waals surface area contributed by atoms with E-state index in [2.05, 4.69) is 55.4 Å². The molecule has 504 valence electrons. The maximum atomic E-state index is 13.0. The van der Waals surface area contributed by atoms with Crippen molar-refractivity contribution in [1.29, 1.82) is 0 Å². The van der Waals surface area contributed by atoms with Crippen molar-refractivity contribution in [1.82, 2.24) is 0 Å². The average Bonchev–Trinajstić information content (AvgIpc) is 3.51. The SMILES string of the molecule is CCC(C)CCCCCCCCC(=O)OC[C@H](COP(=O)(O)OC[C@H](O)COP(=O)(O)OC[C@@H](COC(=O)CCCCCCCCCCCC(C)C)OC(=O)CCCCCCCCCCCCCC(C)C)OC(=O)CCCCCCCCC(C)C. The number of ether oxygens (including phenoxy) is 4. The molecular weight excluding hydrogens is 1130 g/mol. The molecule has 0 saturated heterocycles. The summed E-state index contributed by atoms with van der Waals surface area (Å²) in [6.07, 6.45) is 36.4. The van der Waals surface area contributed by atoms with E-state index in [1.54, 1.807) is 0 Å². The highest BCUT2D eigenvalue weighted by Gasteiger charge is 2.30. The molecular formula is C66H128O17P2. The Kier molecular flexibility index (Phi) is 54.8. The molecule has 3 N–H and O–H groups in total. The van der Waals surface area contributed by atoms with Crippen molar-refractivity contribution >= 4 is 39.5 Å². The van der Waals surface area contributed by atoms with Gasteiger partial charge in [0.05, 0.1) is 26.4 Å². The molecule has 0 bridgehead atoms. The van der Waals surface area contributed by atoms with Crippen LogP contribution in [0.5, 0.6) is 0 Å².